The number of carboxylic acid groups (broad SMARTS) is 1. The van der Waals surface area contributed by atoms with Crippen LogP contribution in [0.2, 0.25) is 0 Å². The van der Waals surface area contributed by atoms with Crippen LogP contribution < -0.4 is 0 Å². The second-order valence-corrected chi connectivity index (χ2v) is 1.75. The number of aromatic amines is 1. The lowest BCUT2D eigenvalue weighted by Gasteiger charge is -1.91. The standard InChI is InChI=1S/C6H6N2O2.2H2O/c1-4(6(9)10)5-2-7-3-8-5;;/h2-3H,1H2,(H,7,8)(H,9,10);2*1H2. The third kappa shape index (κ3) is 2.52. The normalized spacial score (nSPS) is 7.67. The number of carboxylic acids is 1. The van der Waals surface area contributed by atoms with Crippen LogP contribution in [0.25, 0.3) is 5.57 Å². The summed E-state index contributed by atoms with van der Waals surface area (Å²) in [5.74, 6) is -1.04. The first-order valence-electron chi connectivity index (χ1n) is 2.63. The van der Waals surface area contributed by atoms with Gasteiger partial charge in [-0.15, -0.1) is 0 Å². The van der Waals surface area contributed by atoms with Crippen molar-refractivity contribution >= 4 is 11.5 Å². The third-order valence-corrected chi connectivity index (χ3v) is 1.08. The van der Waals surface area contributed by atoms with E-state index in [0.717, 1.165) is 0 Å². The number of nitrogens with one attached hydrogen (secondary N) is 1. The van der Waals surface area contributed by atoms with E-state index in [1.54, 1.807) is 0 Å². The van der Waals surface area contributed by atoms with Crippen molar-refractivity contribution in [2.75, 3.05) is 0 Å². The van der Waals surface area contributed by atoms with Gasteiger partial charge >= 0.3 is 5.97 Å². The molecule has 6 N–H and O–H groups in total. The molecule has 12 heavy (non-hydrogen) atoms. The van der Waals surface area contributed by atoms with E-state index in [2.05, 4.69) is 16.5 Å². The van der Waals surface area contributed by atoms with Crippen molar-refractivity contribution in [1.29, 1.82) is 0 Å². The molecule has 6 nitrogen and oxygen atoms in total. The van der Waals surface area contributed by atoms with E-state index in [1.807, 2.05) is 0 Å². The topological polar surface area (TPSA) is 129 Å². The molecule has 0 unspecified atom stereocenters. The number of H-pyrrole nitrogens is 1. The maximum Gasteiger partial charge on any atom is 0.337 e. The van der Waals surface area contributed by atoms with Gasteiger partial charge in [-0.3, -0.25) is 0 Å². The maximum absolute atomic E-state index is 10.3. The van der Waals surface area contributed by atoms with Crippen molar-refractivity contribution in [3.8, 4) is 0 Å². The summed E-state index contributed by atoms with van der Waals surface area (Å²) in [5.41, 5.74) is 0.463. The Balaban J connectivity index is 0. The summed E-state index contributed by atoms with van der Waals surface area (Å²) >= 11 is 0. The Bertz CT molecular complexity index is 255. The van der Waals surface area contributed by atoms with Crippen molar-refractivity contribution in [2.45, 2.75) is 0 Å². The zero-order valence-electron chi connectivity index (χ0n) is 6.16. The number of carbonyl (C=O) groups is 1. The van der Waals surface area contributed by atoms with Gasteiger partial charge in [-0.05, 0) is 0 Å². The molecule has 0 fully saturated rings. The fourth-order valence-electron chi connectivity index (χ4n) is 0.536. The largest absolute Gasteiger partial charge is 0.478 e. The summed E-state index contributed by atoms with van der Waals surface area (Å²) < 4.78 is 0. The molecule has 0 aromatic carbocycles. The first-order valence-corrected chi connectivity index (χ1v) is 2.63. The van der Waals surface area contributed by atoms with Crippen LogP contribution in [0.3, 0.4) is 0 Å². The molecule has 68 valence electrons. The molecule has 1 rings (SSSR count). The van der Waals surface area contributed by atoms with Gasteiger partial charge in [0.25, 0.3) is 0 Å². The fourth-order valence-corrected chi connectivity index (χ4v) is 0.536. The highest BCUT2D eigenvalue weighted by Gasteiger charge is 2.06. The third-order valence-electron chi connectivity index (χ3n) is 1.08. The van der Waals surface area contributed by atoms with E-state index in [9.17, 15) is 4.79 Å². The molecule has 0 saturated heterocycles. The SMILES string of the molecule is C=C(C(=O)O)c1cnc[nH]1.O.O. The van der Waals surface area contributed by atoms with Gasteiger partial charge in [-0.1, -0.05) is 6.58 Å². The van der Waals surface area contributed by atoms with Crippen molar-refractivity contribution in [1.82, 2.24) is 9.97 Å². The molecule has 0 amide bonds. The monoisotopic (exact) mass is 174 g/mol. The van der Waals surface area contributed by atoms with Crippen LogP contribution in [-0.2, 0) is 4.79 Å². The minimum atomic E-state index is -1.04. The van der Waals surface area contributed by atoms with Crippen LogP contribution in [0.1, 0.15) is 5.69 Å². The number of rotatable bonds is 2. The number of nitrogens with zero attached hydrogens (tertiary/aromatic N) is 1. The average Bonchev–Trinajstić information content (AvgIpc) is 2.36. The molecule has 0 aliphatic carbocycles. The van der Waals surface area contributed by atoms with Gasteiger partial charge in [0.15, 0.2) is 0 Å². The van der Waals surface area contributed by atoms with E-state index in [4.69, 9.17) is 5.11 Å². The van der Waals surface area contributed by atoms with Crippen LogP contribution in [0, 0.1) is 0 Å². The Morgan fingerprint density at radius 3 is 2.50 bits per heavy atom. The number of imidazole rings is 1. The molecule has 0 spiro atoms. The zero-order chi connectivity index (χ0) is 7.56. The number of aromatic nitrogens is 2. The van der Waals surface area contributed by atoms with Gasteiger partial charge < -0.3 is 21.0 Å². The highest BCUT2D eigenvalue weighted by molar-refractivity contribution is 6.13. The molecule has 0 radical (unpaired) electrons. The van der Waals surface area contributed by atoms with Gasteiger partial charge in [0.1, 0.15) is 0 Å². The molecule has 1 heterocycles. The molecule has 0 aliphatic heterocycles. The fraction of sp³-hybridized carbons (Fsp3) is 0. The van der Waals surface area contributed by atoms with Crippen LogP contribution in [0.15, 0.2) is 19.1 Å². The quantitative estimate of drug-likeness (QED) is 0.549. The molecule has 1 aromatic rings. The van der Waals surface area contributed by atoms with E-state index in [0.29, 0.717) is 5.69 Å². The summed E-state index contributed by atoms with van der Waals surface area (Å²) in [6, 6.07) is 0. The number of aliphatic carboxylic acids is 1. The van der Waals surface area contributed by atoms with Gasteiger partial charge in [0, 0.05) is 0 Å². The molecule has 1 aromatic heterocycles. The lowest BCUT2D eigenvalue weighted by atomic mass is 10.2. The second kappa shape index (κ2) is 5.05. The summed E-state index contributed by atoms with van der Waals surface area (Å²) in [6.07, 6.45) is 2.82. The van der Waals surface area contributed by atoms with E-state index < -0.39 is 5.97 Å². The van der Waals surface area contributed by atoms with Crippen LogP contribution >= 0.6 is 0 Å². The summed E-state index contributed by atoms with van der Waals surface area (Å²) in [4.78, 5) is 16.5. The Kier molecular flexibility index (Phi) is 5.46. The molecular formula is C6H10N2O4. The van der Waals surface area contributed by atoms with Gasteiger partial charge in [0.2, 0.25) is 0 Å². The maximum atomic E-state index is 10.3. The first kappa shape index (κ1) is 13.0. The second-order valence-electron chi connectivity index (χ2n) is 1.75. The van der Waals surface area contributed by atoms with Gasteiger partial charge in [0.05, 0.1) is 23.8 Å². The number of hydrogen-bond donors (Lipinski definition) is 2. The molecular weight excluding hydrogens is 164 g/mol. The minimum absolute atomic E-state index is 0. The minimum Gasteiger partial charge on any atom is -0.478 e. The smallest absolute Gasteiger partial charge is 0.337 e. The van der Waals surface area contributed by atoms with E-state index in [-0.39, 0.29) is 16.5 Å². The molecule has 0 bridgehead atoms. The first-order chi connectivity index (χ1) is 4.72. The highest BCUT2D eigenvalue weighted by Crippen LogP contribution is 2.06. The van der Waals surface area contributed by atoms with Crippen molar-refractivity contribution in [2.24, 2.45) is 0 Å². The zero-order valence-corrected chi connectivity index (χ0v) is 6.16. The predicted octanol–water partition coefficient (Wildman–Crippen LogP) is -1.14. The average molecular weight is 174 g/mol. The number of hydrogen-bond acceptors (Lipinski definition) is 2. The van der Waals surface area contributed by atoms with Crippen LogP contribution in [0.4, 0.5) is 0 Å². The predicted molar refractivity (Wildman–Crippen MR) is 42.5 cm³/mol. The van der Waals surface area contributed by atoms with Gasteiger partial charge in [-0.2, -0.15) is 0 Å². The highest BCUT2D eigenvalue weighted by atomic mass is 16.4. The lowest BCUT2D eigenvalue weighted by Crippen LogP contribution is -1.97. The van der Waals surface area contributed by atoms with Crippen molar-refractivity contribution < 1.29 is 20.9 Å². The Labute approximate surface area is 68.2 Å². The summed E-state index contributed by atoms with van der Waals surface area (Å²) in [5, 5.41) is 8.41. The lowest BCUT2D eigenvalue weighted by molar-refractivity contribution is -0.130. The Morgan fingerprint density at radius 1 is 1.58 bits per heavy atom. The van der Waals surface area contributed by atoms with Crippen LogP contribution in [-0.4, -0.2) is 32.0 Å². The van der Waals surface area contributed by atoms with Crippen LogP contribution in [0.5, 0.6) is 0 Å². The molecule has 0 saturated carbocycles. The van der Waals surface area contributed by atoms with E-state index in [1.165, 1.54) is 12.5 Å². The van der Waals surface area contributed by atoms with E-state index >= 15 is 0 Å². The Hall–Kier alpha value is -1.66. The summed E-state index contributed by atoms with van der Waals surface area (Å²) in [6.45, 7) is 3.33. The summed E-state index contributed by atoms with van der Waals surface area (Å²) in [7, 11) is 0. The molecule has 0 aliphatic rings. The molecule has 0 atom stereocenters. The Morgan fingerprint density at radius 2 is 2.17 bits per heavy atom. The molecule has 6 heteroatoms. The van der Waals surface area contributed by atoms with Crippen molar-refractivity contribution in [3.05, 3.63) is 24.8 Å². The van der Waals surface area contributed by atoms with Crippen molar-refractivity contribution in [3.63, 3.8) is 0 Å². The van der Waals surface area contributed by atoms with Gasteiger partial charge in [-0.25, -0.2) is 9.78 Å².